The summed E-state index contributed by atoms with van der Waals surface area (Å²) in [5, 5.41) is 24.9. The minimum absolute atomic E-state index is 0.154. The van der Waals surface area contributed by atoms with Gasteiger partial charge in [-0.2, -0.15) is 9.78 Å². The van der Waals surface area contributed by atoms with E-state index in [1.165, 1.54) is 6.07 Å². The predicted octanol–water partition coefficient (Wildman–Crippen LogP) is 3.59. The van der Waals surface area contributed by atoms with Gasteiger partial charge in [0.2, 0.25) is 0 Å². The van der Waals surface area contributed by atoms with Gasteiger partial charge in [-0.05, 0) is 29.5 Å². The van der Waals surface area contributed by atoms with Crippen molar-refractivity contribution in [2.24, 2.45) is 0 Å². The monoisotopic (exact) mass is 451 g/mol. The Morgan fingerprint density at radius 1 is 1.00 bits per heavy atom. The molecule has 0 spiro atoms. The lowest BCUT2D eigenvalue weighted by Gasteiger charge is -2.02. The Kier molecular flexibility index (Phi) is 4.40. The molecule has 11 heteroatoms. The molecule has 0 aliphatic carbocycles. The van der Waals surface area contributed by atoms with Crippen LogP contribution in [-0.4, -0.2) is 44.1 Å². The maximum absolute atomic E-state index is 11.0. The fourth-order valence-corrected chi connectivity index (χ4v) is 3.88. The topological polar surface area (TPSA) is 122 Å². The van der Waals surface area contributed by atoms with Crippen molar-refractivity contribution in [3.05, 3.63) is 94.6 Å². The lowest BCUT2D eigenvalue weighted by Crippen LogP contribution is -2.04. The van der Waals surface area contributed by atoms with E-state index in [4.69, 9.17) is 4.98 Å². The fourth-order valence-electron chi connectivity index (χ4n) is 3.88. The van der Waals surface area contributed by atoms with Gasteiger partial charge in [0, 0.05) is 5.56 Å². The smallest absolute Gasteiger partial charge is 0.358 e. The SMILES string of the molecule is Cc1cc([N+](=O)[O-])nn1Cc1ccc(-c2nc3c4cnn(-c5ccccc5)c4ncn3n2)cc1. The van der Waals surface area contributed by atoms with Gasteiger partial charge in [0.05, 0.1) is 40.7 Å². The van der Waals surface area contributed by atoms with Crippen LogP contribution in [0.3, 0.4) is 0 Å². The molecule has 0 amide bonds. The number of aromatic nitrogens is 8. The highest BCUT2D eigenvalue weighted by Crippen LogP contribution is 2.23. The normalized spacial score (nSPS) is 11.4. The average molecular weight is 451 g/mol. The fraction of sp³-hybridized carbons (Fsp3) is 0.0870. The molecule has 6 aromatic rings. The lowest BCUT2D eigenvalue weighted by atomic mass is 10.1. The van der Waals surface area contributed by atoms with Crippen molar-refractivity contribution in [3.8, 4) is 17.1 Å². The van der Waals surface area contributed by atoms with Crippen molar-refractivity contribution in [3.63, 3.8) is 0 Å². The van der Waals surface area contributed by atoms with Crippen LogP contribution in [0.15, 0.2) is 73.2 Å². The first kappa shape index (κ1) is 19.7. The van der Waals surface area contributed by atoms with Crippen LogP contribution in [0.5, 0.6) is 0 Å². The first-order valence-corrected chi connectivity index (χ1v) is 10.5. The number of fused-ring (bicyclic) bond motifs is 3. The Hall–Kier alpha value is -4.93. The van der Waals surface area contributed by atoms with E-state index >= 15 is 0 Å². The zero-order chi connectivity index (χ0) is 23.2. The van der Waals surface area contributed by atoms with Crippen LogP contribution in [0.2, 0.25) is 0 Å². The van der Waals surface area contributed by atoms with Crippen molar-refractivity contribution in [1.29, 1.82) is 0 Å². The molecule has 6 rings (SSSR count). The number of benzene rings is 2. The van der Waals surface area contributed by atoms with Crippen LogP contribution < -0.4 is 0 Å². The third-order valence-corrected chi connectivity index (χ3v) is 5.61. The Morgan fingerprint density at radius 3 is 2.53 bits per heavy atom. The van der Waals surface area contributed by atoms with Crippen molar-refractivity contribution >= 4 is 22.5 Å². The second-order valence-corrected chi connectivity index (χ2v) is 7.83. The van der Waals surface area contributed by atoms with Crippen molar-refractivity contribution in [1.82, 2.24) is 39.1 Å². The number of hydrogen-bond donors (Lipinski definition) is 0. The van der Waals surface area contributed by atoms with Gasteiger partial charge in [0.1, 0.15) is 6.33 Å². The third-order valence-electron chi connectivity index (χ3n) is 5.61. The number of nitrogens with zero attached hydrogens (tertiary/aromatic N) is 9. The number of nitro groups is 1. The van der Waals surface area contributed by atoms with Crippen LogP contribution >= 0.6 is 0 Å². The summed E-state index contributed by atoms with van der Waals surface area (Å²) in [6.45, 7) is 2.23. The standard InChI is InChI=1S/C23H17N9O2/c1-15-11-20(32(33)34)27-29(15)13-16-7-9-17(10-8-16)21-26-23-19-12-25-31(18-5-3-2-4-6-18)22(19)24-14-30(23)28-21/h2-12,14H,13H2,1H3. The van der Waals surface area contributed by atoms with Crippen molar-refractivity contribution < 1.29 is 4.92 Å². The molecule has 4 heterocycles. The molecule has 0 atom stereocenters. The molecule has 2 aromatic carbocycles. The molecule has 0 saturated carbocycles. The van der Waals surface area contributed by atoms with Crippen LogP contribution in [-0.2, 0) is 6.54 Å². The van der Waals surface area contributed by atoms with Crippen LogP contribution in [0.4, 0.5) is 5.82 Å². The number of rotatable bonds is 5. The van der Waals surface area contributed by atoms with Gasteiger partial charge in [-0.25, -0.2) is 19.2 Å². The molecule has 4 aromatic heterocycles. The Bertz CT molecular complexity index is 1660. The zero-order valence-corrected chi connectivity index (χ0v) is 18.0. The van der Waals surface area contributed by atoms with E-state index in [9.17, 15) is 10.1 Å². The summed E-state index contributed by atoms with van der Waals surface area (Å²) in [5.41, 5.74) is 4.83. The minimum atomic E-state index is -0.489. The van der Waals surface area contributed by atoms with Gasteiger partial charge in [0.15, 0.2) is 17.1 Å². The largest absolute Gasteiger partial charge is 0.390 e. The first-order valence-electron chi connectivity index (χ1n) is 10.5. The highest BCUT2D eigenvalue weighted by atomic mass is 16.6. The molecular weight excluding hydrogens is 434 g/mol. The summed E-state index contributed by atoms with van der Waals surface area (Å²) >= 11 is 0. The van der Waals surface area contributed by atoms with Crippen molar-refractivity contribution in [2.75, 3.05) is 0 Å². The van der Waals surface area contributed by atoms with Gasteiger partial charge < -0.3 is 10.1 Å². The Balaban J connectivity index is 1.32. The van der Waals surface area contributed by atoms with Crippen LogP contribution in [0.25, 0.3) is 33.8 Å². The molecule has 0 saturated heterocycles. The molecule has 0 radical (unpaired) electrons. The summed E-state index contributed by atoms with van der Waals surface area (Å²) in [6.07, 6.45) is 3.38. The maximum atomic E-state index is 11.0. The van der Waals surface area contributed by atoms with Crippen LogP contribution in [0, 0.1) is 17.0 Å². The Morgan fingerprint density at radius 2 is 1.79 bits per heavy atom. The molecule has 0 N–H and O–H groups in total. The minimum Gasteiger partial charge on any atom is -0.358 e. The average Bonchev–Trinajstić information content (AvgIpc) is 3.56. The van der Waals surface area contributed by atoms with Gasteiger partial charge in [-0.1, -0.05) is 42.5 Å². The van der Waals surface area contributed by atoms with E-state index in [0.29, 0.717) is 23.7 Å². The second-order valence-electron chi connectivity index (χ2n) is 7.83. The summed E-state index contributed by atoms with van der Waals surface area (Å²) < 4.78 is 5.04. The van der Waals surface area contributed by atoms with E-state index in [0.717, 1.165) is 27.9 Å². The van der Waals surface area contributed by atoms with E-state index in [1.54, 1.807) is 33.3 Å². The molecule has 0 bridgehead atoms. The van der Waals surface area contributed by atoms with E-state index in [1.807, 2.05) is 54.6 Å². The molecule has 0 fully saturated rings. The lowest BCUT2D eigenvalue weighted by molar-refractivity contribution is -0.389. The molecule has 11 nitrogen and oxygen atoms in total. The quantitative estimate of drug-likeness (QED) is 0.290. The van der Waals surface area contributed by atoms with E-state index < -0.39 is 4.92 Å². The first-order chi connectivity index (χ1) is 16.6. The Labute approximate surface area is 192 Å². The maximum Gasteiger partial charge on any atom is 0.390 e. The summed E-state index contributed by atoms with van der Waals surface area (Å²) in [5.74, 6) is 0.415. The van der Waals surface area contributed by atoms with E-state index in [2.05, 4.69) is 20.3 Å². The zero-order valence-electron chi connectivity index (χ0n) is 18.0. The van der Waals surface area contributed by atoms with Crippen LogP contribution in [0.1, 0.15) is 11.3 Å². The van der Waals surface area contributed by atoms with Gasteiger partial charge in [-0.3, -0.25) is 0 Å². The van der Waals surface area contributed by atoms with Crippen molar-refractivity contribution in [2.45, 2.75) is 13.5 Å². The molecule has 166 valence electrons. The number of para-hydroxylation sites is 1. The van der Waals surface area contributed by atoms with Gasteiger partial charge in [0.25, 0.3) is 0 Å². The predicted molar refractivity (Wildman–Crippen MR) is 124 cm³/mol. The van der Waals surface area contributed by atoms with Gasteiger partial charge >= 0.3 is 5.82 Å². The highest BCUT2D eigenvalue weighted by Gasteiger charge is 2.17. The summed E-state index contributed by atoms with van der Waals surface area (Å²) in [4.78, 5) is 19.7. The van der Waals surface area contributed by atoms with Gasteiger partial charge in [-0.15, -0.1) is 5.10 Å². The summed E-state index contributed by atoms with van der Waals surface area (Å²) in [7, 11) is 0. The molecular formula is C23H17N9O2. The number of aryl methyl sites for hydroxylation is 1. The molecule has 34 heavy (non-hydrogen) atoms. The van der Waals surface area contributed by atoms with E-state index in [-0.39, 0.29) is 5.82 Å². The summed E-state index contributed by atoms with van der Waals surface area (Å²) in [6, 6.07) is 19.0. The molecule has 0 aliphatic rings. The number of hydrogen-bond acceptors (Lipinski definition) is 7. The highest BCUT2D eigenvalue weighted by molar-refractivity contribution is 5.89. The third kappa shape index (κ3) is 3.26. The molecule has 0 unspecified atom stereocenters. The second kappa shape index (κ2) is 7.59. The molecule has 0 aliphatic heterocycles.